The van der Waals surface area contributed by atoms with Gasteiger partial charge in [-0.1, -0.05) is 32.8 Å². The van der Waals surface area contributed by atoms with Gasteiger partial charge in [-0.15, -0.1) is 0 Å². The van der Waals surface area contributed by atoms with Gasteiger partial charge in [0.05, 0.1) is 16.9 Å². The summed E-state index contributed by atoms with van der Waals surface area (Å²) in [5.74, 6) is -0.407. The van der Waals surface area contributed by atoms with E-state index in [9.17, 15) is 4.79 Å². The number of benzene rings is 1. The number of para-hydroxylation sites is 1. The van der Waals surface area contributed by atoms with E-state index >= 15 is 0 Å². The second kappa shape index (κ2) is 5.73. The number of piperidine rings is 1. The SMILES string of the molecule is CCC1(CC)CCN(c2c(N)cccc2C(N)=O)CC1. The normalized spacial score (nSPS) is 18.0. The van der Waals surface area contributed by atoms with Crippen molar-refractivity contribution in [3.05, 3.63) is 23.8 Å². The average Bonchev–Trinajstić information content (AvgIpc) is 2.47. The second-order valence-corrected chi connectivity index (χ2v) is 5.80. The van der Waals surface area contributed by atoms with E-state index < -0.39 is 5.91 Å². The summed E-state index contributed by atoms with van der Waals surface area (Å²) in [5, 5.41) is 0. The van der Waals surface area contributed by atoms with Crippen LogP contribution in [0.5, 0.6) is 0 Å². The molecule has 1 saturated heterocycles. The zero-order chi connectivity index (χ0) is 14.8. The first-order chi connectivity index (χ1) is 9.53. The summed E-state index contributed by atoms with van der Waals surface area (Å²) in [6, 6.07) is 5.38. The molecule has 1 fully saturated rings. The molecule has 0 radical (unpaired) electrons. The summed E-state index contributed by atoms with van der Waals surface area (Å²) in [6.45, 7) is 6.42. The Morgan fingerprint density at radius 3 is 2.35 bits per heavy atom. The number of anilines is 2. The number of nitrogen functional groups attached to an aromatic ring is 1. The minimum Gasteiger partial charge on any atom is -0.397 e. The smallest absolute Gasteiger partial charge is 0.250 e. The van der Waals surface area contributed by atoms with E-state index in [0.717, 1.165) is 31.6 Å². The largest absolute Gasteiger partial charge is 0.397 e. The first kappa shape index (κ1) is 14.7. The maximum absolute atomic E-state index is 11.6. The lowest BCUT2D eigenvalue weighted by molar-refractivity contribution is 0.100. The van der Waals surface area contributed by atoms with Crippen molar-refractivity contribution in [1.82, 2.24) is 0 Å². The van der Waals surface area contributed by atoms with E-state index in [1.807, 2.05) is 6.07 Å². The van der Waals surface area contributed by atoms with E-state index in [1.165, 1.54) is 12.8 Å². The molecule has 1 aliphatic heterocycles. The van der Waals surface area contributed by atoms with Gasteiger partial charge in [-0.25, -0.2) is 0 Å². The molecule has 110 valence electrons. The maximum Gasteiger partial charge on any atom is 0.250 e. The molecule has 0 saturated carbocycles. The van der Waals surface area contributed by atoms with Gasteiger partial charge in [0.1, 0.15) is 0 Å². The van der Waals surface area contributed by atoms with E-state index in [-0.39, 0.29) is 0 Å². The Hall–Kier alpha value is -1.71. The molecule has 20 heavy (non-hydrogen) atoms. The van der Waals surface area contributed by atoms with Gasteiger partial charge in [0.15, 0.2) is 0 Å². The number of carbonyl (C=O) groups excluding carboxylic acids is 1. The molecule has 2 rings (SSSR count). The van der Waals surface area contributed by atoms with Crippen LogP contribution in [0.25, 0.3) is 0 Å². The van der Waals surface area contributed by atoms with Gasteiger partial charge in [-0.3, -0.25) is 4.79 Å². The molecule has 0 atom stereocenters. The molecular weight excluding hydrogens is 250 g/mol. The lowest BCUT2D eigenvalue weighted by Gasteiger charge is -2.42. The van der Waals surface area contributed by atoms with E-state index in [0.29, 0.717) is 16.7 Å². The highest BCUT2D eigenvalue weighted by Gasteiger charge is 2.32. The fourth-order valence-corrected chi connectivity index (χ4v) is 3.27. The number of nitrogens with zero attached hydrogens (tertiary/aromatic N) is 1. The highest BCUT2D eigenvalue weighted by atomic mass is 16.1. The van der Waals surface area contributed by atoms with Crippen molar-refractivity contribution in [2.75, 3.05) is 23.7 Å². The minimum atomic E-state index is -0.407. The van der Waals surface area contributed by atoms with Crippen LogP contribution < -0.4 is 16.4 Å². The summed E-state index contributed by atoms with van der Waals surface area (Å²) in [7, 11) is 0. The number of nitrogens with two attached hydrogens (primary N) is 2. The maximum atomic E-state index is 11.6. The lowest BCUT2D eigenvalue weighted by atomic mass is 9.74. The van der Waals surface area contributed by atoms with E-state index in [1.54, 1.807) is 12.1 Å². The summed E-state index contributed by atoms with van der Waals surface area (Å²) >= 11 is 0. The molecule has 1 aromatic carbocycles. The lowest BCUT2D eigenvalue weighted by Crippen LogP contribution is -2.40. The third-order valence-electron chi connectivity index (χ3n) is 4.97. The van der Waals surface area contributed by atoms with Gasteiger partial charge in [0.2, 0.25) is 0 Å². The quantitative estimate of drug-likeness (QED) is 0.830. The van der Waals surface area contributed by atoms with Crippen LogP contribution in [0, 0.1) is 5.41 Å². The zero-order valence-corrected chi connectivity index (χ0v) is 12.5. The summed E-state index contributed by atoms with van der Waals surface area (Å²) < 4.78 is 0. The Bertz CT molecular complexity index is 484. The van der Waals surface area contributed by atoms with Crippen LogP contribution in [0.1, 0.15) is 49.9 Å². The zero-order valence-electron chi connectivity index (χ0n) is 12.5. The summed E-state index contributed by atoms with van der Waals surface area (Å²) in [5.41, 5.74) is 14.0. The first-order valence-electron chi connectivity index (χ1n) is 7.46. The monoisotopic (exact) mass is 275 g/mol. The van der Waals surface area contributed by atoms with Crippen LogP contribution in [0.15, 0.2) is 18.2 Å². The van der Waals surface area contributed by atoms with Crippen LogP contribution in [0.4, 0.5) is 11.4 Å². The first-order valence-corrected chi connectivity index (χ1v) is 7.46. The number of hydrogen-bond donors (Lipinski definition) is 2. The second-order valence-electron chi connectivity index (χ2n) is 5.80. The van der Waals surface area contributed by atoms with Gasteiger partial charge in [-0.05, 0) is 30.4 Å². The van der Waals surface area contributed by atoms with Gasteiger partial charge >= 0.3 is 0 Å². The Morgan fingerprint density at radius 2 is 1.85 bits per heavy atom. The molecule has 0 bridgehead atoms. The van der Waals surface area contributed by atoms with Crippen molar-refractivity contribution in [3.63, 3.8) is 0 Å². The highest BCUT2D eigenvalue weighted by Crippen LogP contribution is 2.40. The molecule has 4 nitrogen and oxygen atoms in total. The van der Waals surface area contributed by atoms with Crippen molar-refractivity contribution in [3.8, 4) is 0 Å². The Morgan fingerprint density at radius 1 is 1.25 bits per heavy atom. The fraction of sp³-hybridized carbons (Fsp3) is 0.562. The van der Waals surface area contributed by atoms with Crippen molar-refractivity contribution in [2.45, 2.75) is 39.5 Å². The Kier molecular flexibility index (Phi) is 4.21. The van der Waals surface area contributed by atoms with Crippen LogP contribution in [0.3, 0.4) is 0 Å². The number of primary amides is 1. The standard InChI is InChI=1S/C16H25N3O/c1-3-16(4-2)8-10-19(11-9-16)14-12(15(18)20)6-5-7-13(14)17/h5-7H,3-4,8-11,17H2,1-2H3,(H2,18,20). The number of amides is 1. The van der Waals surface area contributed by atoms with Crippen LogP contribution in [-0.2, 0) is 0 Å². The topological polar surface area (TPSA) is 72.3 Å². The van der Waals surface area contributed by atoms with Gasteiger partial charge in [0.25, 0.3) is 5.91 Å². The molecule has 0 aliphatic carbocycles. The molecule has 1 aromatic rings. The van der Waals surface area contributed by atoms with Gasteiger partial charge in [0, 0.05) is 13.1 Å². The molecular formula is C16H25N3O. The highest BCUT2D eigenvalue weighted by molar-refractivity contribution is 6.01. The molecule has 0 unspecified atom stereocenters. The Balaban J connectivity index is 2.25. The summed E-state index contributed by atoms with van der Waals surface area (Å²) in [6.07, 6.45) is 4.72. The molecule has 1 amide bonds. The number of hydrogen-bond acceptors (Lipinski definition) is 3. The van der Waals surface area contributed by atoms with Crippen molar-refractivity contribution in [2.24, 2.45) is 11.1 Å². The molecule has 0 spiro atoms. The Labute approximate surface area is 121 Å². The molecule has 0 aromatic heterocycles. The molecule has 1 heterocycles. The van der Waals surface area contributed by atoms with Gasteiger partial charge in [-0.2, -0.15) is 0 Å². The number of rotatable bonds is 4. The number of carbonyl (C=O) groups is 1. The fourth-order valence-electron chi connectivity index (χ4n) is 3.27. The van der Waals surface area contributed by atoms with Crippen molar-refractivity contribution < 1.29 is 4.79 Å². The third kappa shape index (κ3) is 2.60. The van der Waals surface area contributed by atoms with Gasteiger partial charge < -0.3 is 16.4 Å². The third-order valence-corrected chi connectivity index (χ3v) is 4.97. The average molecular weight is 275 g/mol. The van der Waals surface area contributed by atoms with Crippen LogP contribution >= 0.6 is 0 Å². The predicted molar refractivity (Wildman–Crippen MR) is 83.8 cm³/mol. The van der Waals surface area contributed by atoms with Crippen LogP contribution in [0.2, 0.25) is 0 Å². The summed E-state index contributed by atoms with van der Waals surface area (Å²) in [4.78, 5) is 13.8. The van der Waals surface area contributed by atoms with E-state index in [4.69, 9.17) is 11.5 Å². The van der Waals surface area contributed by atoms with Crippen LogP contribution in [-0.4, -0.2) is 19.0 Å². The minimum absolute atomic E-state index is 0.407. The molecule has 1 aliphatic rings. The predicted octanol–water partition coefficient (Wildman–Crippen LogP) is 2.77. The van der Waals surface area contributed by atoms with Crippen molar-refractivity contribution in [1.29, 1.82) is 0 Å². The molecule has 4 heteroatoms. The van der Waals surface area contributed by atoms with Crippen molar-refractivity contribution >= 4 is 17.3 Å². The van der Waals surface area contributed by atoms with E-state index in [2.05, 4.69) is 18.7 Å². The molecule has 4 N–H and O–H groups in total.